The van der Waals surface area contributed by atoms with Crippen molar-refractivity contribution < 1.29 is 9.18 Å². The molecule has 25 heavy (non-hydrogen) atoms. The van der Waals surface area contributed by atoms with Crippen molar-refractivity contribution in [2.45, 2.75) is 33.1 Å². The summed E-state index contributed by atoms with van der Waals surface area (Å²) in [6.07, 6.45) is 0.597. The molecule has 6 heteroatoms. The Bertz CT molecular complexity index is 933. The number of primary amides is 1. The lowest BCUT2D eigenvalue weighted by molar-refractivity contribution is 0.100. The van der Waals surface area contributed by atoms with E-state index in [2.05, 4.69) is 0 Å². The molecule has 0 aliphatic heterocycles. The van der Waals surface area contributed by atoms with Crippen molar-refractivity contribution in [2.75, 3.05) is 12.4 Å². The molecule has 1 aromatic carbocycles. The number of aryl methyl sites for hydroxylation is 2. The van der Waals surface area contributed by atoms with Crippen molar-refractivity contribution in [3.05, 3.63) is 56.4 Å². The zero-order chi connectivity index (χ0) is 18.5. The summed E-state index contributed by atoms with van der Waals surface area (Å²) in [5.74, 6) is -1.04. The lowest BCUT2D eigenvalue weighted by atomic mass is 10.0. The Morgan fingerprint density at radius 1 is 1.28 bits per heavy atom. The van der Waals surface area contributed by atoms with Crippen LogP contribution < -0.4 is 17.0 Å². The molecule has 4 N–H and O–H groups in total. The van der Waals surface area contributed by atoms with Crippen LogP contribution in [0.5, 0.6) is 0 Å². The van der Waals surface area contributed by atoms with Gasteiger partial charge in [-0.15, -0.1) is 0 Å². The van der Waals surface area contributed by atoms with Gasteiger partial charge in [-0.2, -0.15) is 0 Å². The number of carbonyl (C=O) groups is 1. The van der Waals surface area contributed by atoms with Gasteiger partial charge in [0, 0.05) is 5.56 Å². The van der Waals surface area contributed by atoms with Crippen LogP contribution in [0, 0.1) is 26.7 Å². The summed E-state index contributed by atoms with van der Waals surface area (Å²) in [6.45, 7) is 5.24. The van der Waals surface area contributed by atoms with Gasteiger partial charge in [0.2, 0.25) is 0 Å². The minimum Gasteiger partial charge on any atom is -0.384 e. The minimum atomic E-state index is -0.701. The molecule has 1 aromatic heterocycles. The summed E-state index contributed by atoms with van der Waals surface area (Å²) in [6, 6.07) is 5.31. The first-order valence-electron chi connectivity index (χ1n) is 8.26. The molecule has 0 radical (unpaired) electrons. The number of hydrogen-bond acceptors (Lipinski definition) is 3. The zero-order valence-electron chi connectivity index (χ0n) is 14.6. The van der Waals surface area contributed by atoms with Crippen LogP contribution in [0.15, 0.2) is 23.0 Å². The highest BCUT2D eigenvalue weighted by atomic mass is 19.1. The highest BCUT2D eigenvalue weighted by Crippen LogP contribution is 2.47. The number of rotatable bonds is 4. The first-order chi connectivity index (χ1) is 11.8. The number of halogens is 1. The fourth-order valence-electron chi connectivity index (χ4n) is 3.41. The van der Waals surface area contributed by atoms with Crippen molar-refractivity contribution in [3.63, 3.8) is 0 Å². The molecule has 1 saturated carbocycles. The fraction of sp³-hybridized carbons (Fsp3) is 0.368. The number of pyridine rings is 1. The number of anilines is 1. The van der Waals surface area contributed by atoms with Gasteiger partial charge in [-0.3, -0.25) is 18.5 Å². The van der Waals surface area contributed by atoms with E-state index < -0.39 is 12.6 Å². The minimum absolute atomic E-state index is 0.0236. The van der Waals surface area contributed by atoms with E-state index in [4.69, 9.17) is 11.5 Å². The average Bonchev–Trinajstić information content (AvgIpc) is 3.33. The Morgan fingerprint density at radius 2 is 1.92 bits per heavy atom. The summed E-state index contributed by atoms with van der Waals surface area (Å²) < 4.78 is 14.3. The molecule has 1 aliphatic carbocycles. The molecule has 0 saturated heterocycles. The second-order valence-electron chi connectivity index (χ2n) is 6.83. The van der Waals surface area contributed by atoms with E-state index in [1.807, 2.05) is 32.9 Å². The summed E-state index contributed by atoms with van der Waals surface area (Å²) >= 11 is 0. The van der Waals surface area contributed by atoms with Gasteiger partial charge < -0.3 is 11.5 Å². The summed E-state index contributed by atoms with van der Waals surface area (Å²) in [4.78, 5) is 25.0. The van der Waals surface area contributed by atoms with Crippen LogP contribution in [0.2, 0.25) is 0 Å². The molecule has 1 amide bonds. The second-order valence-corrected chi connectivity index (χ2v) is 6.83. The standard InChI is InChI=1S/C19H22FN3O2/c1-9-4-5-10(2)16(11(9)3)23-17(21)15(18(22)24)7-14(19(23)25)13-6-12(13)8-20/h4-5,7,12-13H,6,8,21H2,1-3H3,(H2,22,24)/t12-,13+/m1/s1. The molecule has 2 atom stereocenters. The predicted octanol–water partition coefficient (Wildman–Crippen LogP) is 2.52. The Morgan fingerprint density at radius 3 is 2.48 bits per heavy atom. The Balaban J connectivity index is 2.36. The van der Waals surface area contributed by atoms with Gasteiger partial charge in [0.15, 0.2) is 0 Å². The quantitative estimate of drug-likeness (QED) is 0.893. The number of amides is 1. The summed E-state index contributed by atoms with van der Waals surface area (Å²) in [7, 11) is 0. The van der Waals surface area contributed by atoms with Crippen LogP contribution in [0.4, 0.5) is 10.2 Å². The molecule has 132 valence electrons. The first kappa shape index (κ1) is 17.2. The SMILES string of the molecule is Cc1ccc(C)c(-n2c(N)c(C(N)=O)cc([C@H]3C[C@@H]3CF)c2=O)c1C. The molecule has 0 unspecified atom stereocenters. The molecule has 0 bridgehead atoms. The van der Waals surface area contributed by atoms with Crippen molar-refractivity contribution in [2.24, 2.45) is 11.7 Å². The van der Waals surface area contributed by atoms with Gasteiger partial charge >= 0.3 is 0 Å². The van der Waals surface area contributed by atoms with Gasteiger partial charge in [-0.1, -0.05) is 12.1 Å². The van der Waals surface area contributed by atoms with Crippen molar-refractivity contribution in [1.82, 2.24) is 4.57 Å². The Hall–Kier alpha value is -2.63. The average molecular weight is 343 g/mol. The monoisotopic (exact) mass is 343 g/mol. The van der Waals surface area contributed by atoms with E-state index in [0.29, 0.717) is 17.7 Å². The van der Waals surface area contributed by atoms with Crippen LogP contribution in [0.1, 0.15) is 45.0 Å². The molecule has 0 spiro atoms. The highest BCUT2D eigenvalue weighted by Gasteiger charge is 2.41. The van der Waals surface area contributed by atoms with Gasteiger partial charge in [-0.05, 0) is 61.8 Å². The number of aromatic nitrogens is 1. The molecule has 1 aliphatic rings. The fourth-order valence-corrected chi connectivity index (χ4v) is 3.41. The lowest BCUT2D eigenvalue weighted by Gasteiger charge is -2.19. The number of alkyl halides is 1. The maximum Gasteiger partial charge on any atom is 0.260 e. The van der Waals surface area contributed by atoms with E-state index >= 15 is 0 Å². The van der Waals surface area contributed by atoms with Gasteiger partial charge in [0.1, 0.15) is 5.82 Å². The van der Waals surface area contributed by atoms with Crippen LogP contribution in [0.3, 0.4) is 0 Å². The maximum atomic E-state index is 13.1. The van der Waals surface area contributed by atoms with E-state index in [1.165, 1.54) is 10.6 Å². The highest BCUT2D eigenvalue weighted by molar-refractivity contribution is 5.97. The molecular weight excluding hydrogens is 321 g/mol. The van der Waals surface area contributed by atoms with Crippen LogP contribution in [-0.4, -0.2) is 17.1 Å². The van der Waals surface area contributed by atoms with Crippen molar-refractivity contribution in [3.8, 4) is 5.69 Å². The van der Waals surface area contributed by atoms with Gasteiger partial charge in [0.25, 0.3) is 11.5 Å². The molecule has 3 rings (SSSR count). The second kappa shape index (κ2) is 6.02. The molecule has 1 fully saturated rings. The van der Waals surface area contributed by atoms with Gasteiger partial charge in [-0.25, -0.2) is 0 Å². The molecule has 1 heterocycles. The van der Waals surface area contributed by atoms with E-state index in [0.717, 1.165) is 16.7 Å². The number of nitrogens with zero attached hydrogens (tertiary/aromatic N) is 1. The van der Waals surface area contributed by atoms with Gasteiger partial charge in [0.05, 0.1) is 17.9 Å². The van der Waals surface area contributed by atoms with Crippen LogP contribution in [0.25, 0.3) is 5.69 Å². The first-order valence-corrected chi connectivity index (χ1v) is 8.26. The van der Waals surface area contributed by atoms with E-state index in [9.17, 15) is 14.0 Å². The molecule has 2 aromatic rings. The topological polar surface area (TPSA) is 91.1 Å². The molecular formula is C19H22FN3O2. The normalized spacial score (nSPS) is 19.0. The number of carbonyl (C=O) groups excluding carboxylic acids is 1. The van der Waals surface area contributed by atoms with Crippen molar-refractivity contribution >= 4 is 11.7 Å². The Kier molecular flexibility index (Phi) is 4.14. The number of nitrogens with two attached hydrogens (primary N) is 2. The van der Waals surface area contributed by atoms with Crippen LogP contribution in [-0.2, 0) is 0 Å². The van der Waals surface area contributed by atoms with Crippen LogP contribution >= 0.6 is 0 Å². The third kappa shape index (κ3) is 2.71. The summed E-state index contributed by atoms with van der Waals surface area (Å²) in [5.41, 5.74) is 15.2. The maximum absolute atomic E-state index is 13.1. The third-order valence-electron chi connectivity index (χ3n) is 5.18. The molecule has 5 nitrogen and oxygen atoms in total. The zero-order valence-corrected chi connectivity index (χ0v) is 14.6. The number of benzene rings is 1. The lowest BCUT2D eigenvalue weighted by Crippen LogP contribution is -2.30. The van der Waals surface area contributed by atoms with E-state index in [-0.39, 0.29) is 28.8 Å². The third-order valence-corrected chi connectivity index (χ3v) is 5.18. The smallest absolute Gasteiger partial charge is 0.260 e. The van der Waals surface area contributed by atoms with Crippen molar-refractivity contribution in [1.29, 1.82) is 0 Å². The largest absolute Gasteiger partial charge is 0.384 e. The van der Waals surface area contributed by atoms with E-state index in [1.54, 1.807) is 0 Å². The predicted molar refractivity (Wildman–Crippen MR) is 96.0 cm³/mol. The number of nitrogen functional groups attached to an aromatic ring is 1. The Labute approximate surface area is 145 Å². The summed E-state index contributed by atoms with van der Waals surface area (Å²) in [5, 5.41) is 0. The number of hydrogen-bond donors (Lipinski definition) is 2.